The Kier molecular flexibility index (Phi) is 5.17. The fourth-order valence-electron chi connectivity index (χ4n) is 2.65. The van der Waals surface area contributed by atoms with Gasteiger partial charge in [-0.1, -0.05) is 49.3 Å². The molecule has 3 nitrogen and oxygen atoms in total. The van der Waals surface area contributed by atoms with E-state index in [2.05, 4.69) is 36.2 Å². The van der Waals surface area contributed by atoms with Gasteiger partial charge in [-0.15, -0.1) is 0 Å². The highest BCUT2D eigenvalue weighted by Gasteiger charge is 2.25. The summed E-state index contributed by atoms with van der Waals surface area (Å²) >= 11 is 7.94. The summed E-state index contributed by atoms with van der Waals surface area (Å²) < 4.78 is 0. The maximum absolute atomic E-state index is 10.4. The lowest BCUT2D eigenvalue weighted by Gasteiger charge is -2.34. The predicted octanol–water partition coefficient (Wildman–Crippen LogP) is 4.30. The van der Waals surface area contributed by atoms with E-state index < -0.39 is 6.10 Å². The van der Waals surface area contributed by atoms with Crippen LogP contribution in [0.4, 0.5) is 11.4 Å². The van der Waals surface area contributed by atoms with Crippen molar-refractivity contribution in [1.82, 2.24) is 5.32 Å². The molecule has 23 heavy (non-hydrogen) atoms. The Hall–Kier alpha value is -1.20. The van der Waals surface area contributed by atoms with Crippen LogP contribution in [0, 0.1) is 0 Å². The number of rotatable bonds is 5. The van der Waals surface area contributed by atoms with Gasteiger partial charge < -0.3 is 15.3 Å². The number of anilines is 2. The number of hydrogen-bond donors (Lipinski definition) is 2. The molecule has 5 heteroatoms. The van der Waals surface area contributed by atoms with E-state index in [4.69, 9.17) is 11.6 Å². The number of halogens is 1. The van der Waals surface area contributed by atoms with Crippen molar-refractivity contribution >= 4 is 34.7 Å². The second-order valence-corrected chi connectivity index (χ2v) is 7.53. The number of para-hydroxylation sites is 1. The molecule has 1 aliphatic heterocycles. The standard InChI is InChI=1S/C18H21ClN2OS/c1-12(2)20-10-14(22)11-21-15-5-3-4-6-17(15)23-18-8-7-13(19)9-16(18)21/h3-9,12,14,20,22H,10-11H2,1-2H3. The molecule has 0 spiro atoms. The minimum absolute atomic E-state index is 0.357. The van der Waals surface area contributed by atoms with Crippen molar-refractivity contribution in [1.29, 1.82) is 0 Å². The van der Waals surface area contributed by atoms with Crippen LogP contribution in [-0.4, -0.2) is 30.3 Å². The van der Waals surface area contributed by atoms with Crippen LogP contribution in [0.15, 0.2) is 52.3 Å². The first-order chi connectivity index (χ1) is 11.0. The molecular weight excluding hydrogens is 328 g/mol. The van der Waals surface area contributed by atoms with Gasteiger partial charge in [0.25, 0.3) is 0 Å². The molecule has 0 bridgehead atoms. The van der Waals surface area contributed by atoms with Crippen molar-refractivity contribution in [3.05, 3.63) is 47.5 Å². The molecule has 122 valence electrons. The monoisotopic (exact) mass is 348 g/mol. The van der Waals surface area contributed by atoms with Crippen LogP contribution in [0.2, 0.25) is 5.02 Å². The van der Waals surface area contributed by atoms with Crippen LogP contribution in [0.1, 0.15) is 13.8 Å². The van der Waals surface area contributed by atoms with Gasteiger partial charge in [-0.3, -0.25) is 0 Å². The first kappa shape index (κ1) is 16.7. The van der Waals surface area contributed by atoms with E-state index in [1.807, 2.05) is 30.3 Å². The van der Waals surface area contributed by atoms with Crippen molar-refractivity contribution in [3.63, 3.8) is 0 Å². The lowest BCUT2D eigenvalue weighted by molar-refractivity contribution is 0.176. The normalized spacial score (nSPS) is 14.6. The lowest BCUT2D eigenvalue weighted by Crippen LogP contribution is -2.39. The molecule has 2 aromatic carbocycles. The van der Waals surface area contributed by atoms with Crippen molar-refractivity contribution in [3.8, 4) is 0 Å². The minimum atomic E-state index is -0.458. The zero-order valence-electron chi connectivity index (χ0n) is 13.3. The molecule has 0 aromatic heterocycles. The quantitative estimate of drug-likeness (QED) is 0.844. The van der Waals surface area contributed by atoms with E-state index in [0.717, 1.165) is 16.3 Å². The van der Waals surface area contributed by atoms with Gasteiger partial charge in [-0.25, -0.2) is 0 Å². The molecule has 0 aliphatic carbocycles. The molecule has 0 radical (unpaired) electrons. The summed E-state index contributed by atoms with van der Waals surface area (Å²) in [7, 11) is 0. The van der Waals surface area contributed by atoms with Crippen LogP contribution >= 0.6 is 23.4 Å². The second-order valence-electron chi connectivity index (χ2n) is 6.01. The van der Waals surface area contributed by atoms with E-state index in [1.54, 1.807) is 11.8 Å². The van der Waals surface area contributed by atoms with Crippen molar-refractivity contribution in [2.45, 2.75) is 35.8 Å². The molecule has 3 rings (SSSR count). The van der Waals surface area contributed by atoms with Crippen LogP contribution in [0.5, 0.6) is 0 Å². The van der Waals surface area contributed by atoms with Gasteiger partial charge in [0.1, 0.15) is 0 Å². The first-order valence-corrected chi connectivity index (χ1v) is 8.99. The molecule has 1 atom stereocenters. The van der Waals surface area contributed by atoms with E-state index in [9.17, 15) is 5.11 Å². The largest absolute Gasteiger partial charge is 0.390 e. The third-order valence-electron chi connectivity index (χ3n) is 3.74. The Bertz CT molecular complexity index is 692. The molecule has 1 unspecified atom stereocenters. The molecule has 0 amide bonds. The molecular formula is C18H21ClN2OS. The van der Waals surface area contributed by atoms with Gasteiger partial charge in [0.15, 0.2) is 0 Å². The first-order valence-electron chi connectivity index (χ1n) is 7.80. The molecule has 0 saturated heterocycles. The Labute approximate surface area is 146 Å². The summed E-state index contributed by atoms with van der Waals surface area (Å²) in [5.41, 5.74) is 2.18. The van der Waals surface area contributed by atoms with Crippen LogP contribution in [-0.2, 0) is 0 Å². The summed E-state index contributed by atoms with van der Waals surface area (Å²) in [4.78, 5) is 4.53. The SMILES string of the molecule is CC(C)NCC(O)CN1c2ccccc2Sc2ccc(Cl)cc21. The third kappa shape index (κ3) is 3.83. The molecule has 2 aromatic rings. The second kappa shape index (κ2) is 7.14. The molecule has 1 aliphatic rings. The van der Waals surface area contributed by atoms with E-state index in [1.165, 1.54) is 4.90 Å². The smallest absolute Gasteiger partial charge is 0.0843 e. The van der Waals surface area contributed by atoms with Gasteiger partial charge in [0.05, 0.1) is 24.0 Å². The zero-order valence-corrected chi connectivity index (χ0v) is 14.9. The summed E-state index contributed by atoms with van der Waals surface area (Å²) in [5, 5.41) is 14.4. The highest BCUT2D eigenvalue weighted by Crippen LogP contribution is 2.48. The number of aliphatic hydroxyl groups excluding tert-OH is 1. The molecule has 0 saturated carbocycles. The van der Waals surface area contributed by atoms with Gasteiger partial charge >= 0.3 is 0 Å². The number of aliphatic hydroxyl groups is 1. The summed E-state index contributed by atoms with van der Waals surface area (Å²) in [6, 6.07) is 14.6. The van der Waals surface area contributed by atoms with Gasteiger partial charge in [0.2, 0.25) is 0 Å². The number of nitrogens with one attached hydrogen (secondary N) is 1. The van der Waals surface area contributed by atoms with Crippen molar-refractivity contribution in [2.75, 3.05) is 18.0 Å². The molecule has 0 fully saturated rings. The van der Waals surface area contributed by atoms with Crippen LogP contribution in [0.25, 0.3) is 0 Å². The predicted molar refractivity (Wildman–Crippen MR) is 98.2 cm³/mol. The maximum Gasteiger partial charge on any atom is 0.0843 e. The van der Waals surface area contributed by atoms with Crippen LogP contribution in [0.3, 0.4) is 0 Å². The number of benzene rings is 2. The average molecular weight is 349 g/mol. The molecule has 2 N–H and O–H groups in total. The number of nitrogens with zero attached hydrogens (tertiary/aromatic N) is 1. The third-order valence-corrected chi connectivity index (χ3v) is 5.11. The number of fused-ring (bicyclic) bond motifs is 2. The van der Waals surface area contributed by atoms with Gasteiger partial charge in [-0.2, -0.15) is 0 Å². The minimum Gasteiger partial charge on any atom is -0.390 e. The van der Waals surface area contributed by atoms with E-state index in [0.29, 0.717) is 24.2 Å². The summed E-state index contributed by atoms with van der Waals surface area (Å²) in [6.45, 7) is 5.26. The average Bonchev–Trinajstić information content (AvgIpc) is 2.53. The lowest BCUT2D eigenvalue weighted by atomic mass is 10.2. The number of β-amino-alcohol motifs (C(OH)–C–C–N with tert-alkyl or cyclic N) is 1. The summed E-state index contributed by atoms with van der Waals surface area (Å²) in [6.07, 6.45) is -0.458. The highest BCUT2D eigenvalue weighted by molar-refractivity contribution is 7.99. The van der Waals surface area contributed by atoms with Crippen LogP contribution < -0.4 is 10.2 Å². The fourth-order valence-corrected chi connectivity index (χ4v) is 3.89. The van der Waals surface area contributed by atoms with E-state index >= 15 is 0 Å². The topological polar surface area (TPSA) is 35.5 Å². The highest BCUT2D eigenvalue weighted by atomic mass is 35.5. The number of hydrogen-bond acceptors (Lipinski definition) is 4. The van der Waals surface area contributed by atoms with Crippen molar-refractivity contribution in [2.24, 2.45) is 0 Å². The fraction of sp³-hybridized carbons (Fsp3) is 0.333. The zero-order chi connectivity index (χ0) is 16.4. The molecule has 1 heterocycles. The van der Waals surface area contributed by atoms with E-state index in [-0.39, 0.29) is 0 Å². The Morgan fingerprint density at radius 2 is 1.87 bits per heavy atom. The van der Waals surface area contributed by atoms with Gasteiger partial charge in [0, 0.05) is 27.4 Å². The maximum atomic E-state index is 10.4. The van der Waals surface area contributed by atoms with Gasteiger partial charge in [-0.05, 0) is 30.3 Å². The van der Waals surface area contributed by atoms with Crippen molar-refractivity contribution < 1.29 is 5.11 Å². The Morgan fingerprint density at radius 3 is 2.65 bits per heavy atom. The Balaban J connectivity index is 1.90. The summed E-state index contributed by atoms with van der Waals surface area (Å²) in [5.74, 6) is 0. The Morgan fingerprint density at radius 1 is 1.13 bits per heavy atom.